The zero-order valence-corrected chi connectivity index (χ0v) is 14.6. The summed E-state index contributed by atoms with van der Waals surface area (Å²) in [6.45, 7) is 12.9. The molecule has 0 saturated heterocycles. The minimum atomic E-state index is 0.494. The first-order valence-electron chi connectivity index (χ1n) is 8.01. The molecular formula is C16H31N3S. The van der Waals surface area contributed by atoms with Gasteiger partial charge < -0.3 is 10.6 Å². The highest BCUT2D eigenvalue weighted by Crippen LogP contribution is 2.32. The second-order valence-corrected chi connectivity index (χ2v) is 6.87. The van der Waals surface area contributed by atoms with E-state index in [1.165, 1.54) is 29.8 Å². The summed E-state index contributed by atoms with van der Waals surface area (Å²) in [7, 11) is 0. The van der Waals surface area contributed by atoms with E-state index in [2.05, 4.69) is 39.5 Å². The monoisotopic (exact) mass is 297 g/mol. The van der Waals surface area contributed by atoms with Gasteiger partial charge in [0.15, 0.2) is 5.13 Å². The van der Waals surface area contributed by atoms with E-state index >= 15 is 0 Å². The molecule has 0 aliphatic rings. The summed E-state index contributed by atoms with van der Waals surface area (Å²) in [6, 6.07) is 0.494. The number of nitrogens with two attached hydrogens (primary N) is 1. The largest absolute Gasteiger partial charge is 0.346 e. The molecule has 116 valence electrons. The Hall–Kier alpha value is -0.610. The summed E-state index contributed by atoms with van der Waals surface area (Å²) in [4.78, 5) is 8.61. The molecule has 0 saturated carbocycles. The highest BCUT2D eigenvalue weighted by Gasteiger charge is 2.20. The number of hydrogen-bond donors (Lipinski definition) is 1. The molecule has 0 aliphatic heterocycles. The fraction of sp³-hybridized carbons (Fsp3) is 0.812. The summed E-state index contributed by atoms with van der Waals surface area (Å²) in [6.07, 6.45) is 4.91. The summed E-state index contributed by atoms with van der Waals surface area (Å²) < 4.78 is 0. The SMILES string of the molecule is CCCCCN(c1nc(C(C)CC)c(CN)s1)C(C)C. The van der Waals surface area contributed by atoms with Crippen LogP contribution < -0.4 is 10.6 Å². The third-order valence-electron chi connectivity index (χ3n) is 3.85. The fourth-order valence-corrected chi connectivity index (χ4v) is 3.52. The van der Waals surface area contributed by atoms with Crippen molar-refractivity contribution in [2.75, 3.05) is 11.4 Å². The Labute approximate surface area is 128 Å². The molecule has 3 nitrogen and oxygen atoms in total. The number of rotatable bonds is 9. The molecule has 20 heavy (non-hydrogen) atoms. The predicted octanol–water partition coefficient (Wildman–Crippen LogP) is 4.52. The Kier molecular flexibility index (Phi) is 7.52. The van der Waals surface area contributed by atoms with Gasteiger partial charge >= 0.3 is 0 Å². The van der Waals surface area contributed by atoms with Crippen LogP contribution in [0.3, 0.4) is 0 Å². The van der Waals surface area contributed by atoms with Gasteiger partial charge in [-0.2, -0.15) is 0 Å². The van der Waals surface area contributed by atoms with E-state index in [0.29, 0.717) is 18.5 Å². The maximum absolute atomic E-state index is 5.91. The smallest absolute Gasteiger partial charge is 0.186 e. The standard InChI is InChI=1S/C16H31N3S/c1-6-8-9-10-19(12(3)4)16-18-15(13(5)7-2)14(11-17)20-16/h12-13H,6-11,17H2,1-5H3. The molecule has 0 aliphatic carbocycles. The second kappa shape index (κ2) is 8.63. The van der Waals surface area contributed by atoms with Gasteiger partial charge in [0.1, 0.15) is 0 Å². The lowest BCUT2D eigenvalue weighted by atomic mass is 10.0. The lowest BCUT2D eigenvalue weighted by molar-refractivity contribution is 0.621. The first-order valence-corrected chi connectivity index (χ1v) is 8.82. The minimum absolute atomic E-state index is 0.494. The van der Waals surface area contributed by atoms with E-state index in [0.717, 1.165) is 18.1 Å². The van der Waals surface area contributed by atoms with Crippen LogP contribution in [0, 0.1) is 0 Å². The average Bonchev–Trinajstić information content (AvgIpc) is 2.86. The highest BCUT2D eigenvalue weighted by molar-refractivity contribution is 7.15. The molecule has 0 amide bonds. The molecule has 0 bridgehead atoms. The van der Waals surface area contributed by atoms with Crippen LogP contribution in [-0.4, -0.2) is 17.6 Å². The number of aromatic nitrogens is 1. The van der Waals surface area contributed by atoms with Crippen molar-refractivity contribution < 1.29 is 0 Å². The molecule has 1 aromatic heterocycles. The average molecular weight is 298 g/mol. The van der Waals surface area contributed by atoms with Crippen molar-refractivity contribution >= 4 is 16.5 Å². The molecule has 1 atom stereocenters. The van der Waals surface area contributed by atoms with E-state index < -0.39 is 0 Å². The molecule has 1 heterocycles. The van der Waals surface area contributed by atoms with Crippen LogP contribution in [0.15, 0.2) is 0 Å². The Bertz CT molecular complexity index is 387. The number of thiazole rings is 1. The van der Waals surface area contributed by atoms with Gasteiger partial charge in [0.05, 0.1) is 5.69 Å². The molecule has 1 unspecified atom stereocenters. The van der Waals surface area contributed by atoms with Crippen molar-refractivity contribution in [2.45, 2.75) is 78.8 Å². The molecule has 0 fully saturated rings. The molecule has 1 rings (SSSR count). The summed E-state index contributed by atoms with van der Waals surface area (Å²) in [5, 5.41) is 1.16. The van der Waals surface area contributed by atoms with Crippen molar-refractivity contribution in [1.82, 2.24) is 4.98 Å². The molecule has 4 heteroatoms. The normalized spacial score (nSPS) is 12.9. The Morgan fingerprint density at radius 2 is 1.90 bits per heavy atom. The van der Waals surface area contributed by atoms with Gasteiger partial charge in [0.25, 0.3) is 0 Å². The minimum Gasteiger partial charge on any atom is -0.346 e. The first kappa shape index (κ1) is 17.4. The van der Waals surface area contributed by atoms with Gasteiger partial charge in [-0.1, -0.05) is 33.6 Å². The van der Waals surface area contributed by atoms with Gasteiger partial charge in [0, 0.05) is 24.0 Å². The van der Waals surface area contributed by atoms with E-state index in [-0.39, 0.29) is 0 Å². The topological polar surface area (TPSA) is 42.2 Å². The predicted molar refractivity (Wildman–Crippen MR) is 90.7 cm³/mol. The quantitative estimate of drug-likeness (QED) is 0.681. The summed E-state index contributed by atoms with van der Waals surface area (Å²) in [5.41, 5.74) is 7.12. The van der Waals surface area contributed by atoms with Crippen LogP contribution in [0.25, 0.3) is 0 Å². The maximum atomic E-state index is 5.91. The molecule has 2 N–H and O–H groups in total. The molecule has 0 aromatic carbocycles. The van der Waals surface area contributed by atoms with Crippen LogP contribution in [0.1, 0.15) is 76.8 Å². The van der Waals surface area contributed by atoms with Crippen molar-refractivity contribution in [3.63, 3.8) is 0 Å². The van der Waals surface area contributed by atoms with Crippen LogP contribution in [0.4, 0.5) is 5.13 Å². The van der Waals surface area contributed by atoms with Crippen LogP contribution in [0.2, 0.25) is 0 Å². The third-order valence-corrected chi connectivity index (χ3v) is 4.98. The zero-order valence-electron chi connectivity index (χ0n) is 13.8. The van der Waals surface area contributed by atoms with Gasteiger partial charge in [-0.3, -0.25) is 0 Å². The molecule has 0 radical (unpaired) electrons. The second-order valence-electron chi connectivity index (χ2n) is 5.81. The Morgan fingerprint density at radius 1 is 1.20 bits per heavy atom. The maximum Gasteiger partial charge on any atom is 0.186 e. The summed E-state index contributed by atoms with van der Waals surface area (Å²) >= 11 is 1.79. The zero-order chi connectivity index (χ0) is 15.1. The van der Waals surface area contributed by atoms with Crippen LogP contribution >= 0.6 is 11.3 Å². The number of unbranched alkanes of at least 4 members (excludes halogenated alkanes) is 2. The van der Waals surface area contributed by atoms with Gasteiger partial charge in [-0.25, -0.2) is 4.98 Å². The van der Waals surface area contributed by atoms with Crippen LogP contribution in [0.5, 0.6) is 0 Å². The fourth-order valence-electron chi connectivity index (χ4n) is 2.31. The molecular weight excluding hydrogens is 266 g/mol. The van der Waals surface area contributed by atoms with E-state index in [9.17, 15) is 0 Å². The Morgan fingerprint density at radius 3 is 2.40 bits per heavy atom. The van der Waals surface area contributed by atoms with Gasteiger partial charge in [0.2, 0.25) is 0 Å². The first-order chi connectivity index (χ1) is 9.54. The van der Waals surface area contributed by atoms with Crippen molar-refractivity contribution in [3.05, 3.63) is 10.6 Å². The third kappa shape index (κ3) is 4.45. The number of anilines is 1. The highest BCUT2D eigenvalue weighted by atomic mass is 32.1. The van der Waals surface area contributed by atoms with E-state index in [1.54, 1.807) is 11.3 Å². The lowest BCUT2D eigenvalue weighted by Crippen LogP contribution is -2.31. The van der Waals surface area contributed by atoms with Crippen molar-refractivity contribution in [3.8, 4) is 0 Å². The van der Waals surface area contributed by atoms with Crippen molar-refractivity contribution in [2.24, 2.45) is 5.73 Å². The van der Waals surface area contributed by atoms with Gasteiger partial charge in [-0.05, 0) is 32.6 Å². The van der Waals surface area contributed by atoms with Crippen LogP contribution in [-0.2, 0) is 6.54 Å². The number of hydrogen-bond acceptors (Lipinski definition) is 4. The summed E-state index contributed by atoms with van der Waals surface area (Å²) in [5.74, 6) is 0.503. The lowest BCUT2D eigenvalue weighted by Gasteiger charge is -2.26. The van der Waals surface area contributed by atoms with Gasteiger partial charge in [-0.15, -0.1) is 11.3 Å². The number of nitrogens with zero attached hydrogens (tertiary/aromatic N) is 2. The Balaban J connectivity index is 2.93. The van der Waals surface area contributed by atoms with E-state index in [4.69, 9.17) is 10.7 Å². The van der Waals surface area contributed by atoms with E-state index in [1.807, 2.05) is 0 Å². The molecule has 1 aromatic rings. The molecule has 0 spiro atoms. The van der Waals surface area contributed by atoms with Crippen molar-refractivity contribution in [1.29, 1.82) is 0 Å².